The summed E-state index contributed by atoms with van der Waals surface area (Å²) in [5.41, 5.74) is 3.71. The normalized spacial score (nSPS) is 18.5. The number of carbonyl (C=O) groups is 1. The summed E-state index contributed by atoms with van der Waals surface area (Å²) in [7, 11) is 0. The monoisotopic (exact) mass is 808 g/mol. The Hall–Kier alpha value is -4.05. The first-order valence-corrected chi connectivity index (χ1v) is 22.0. The minimum absolute atomic E-state index is 0.259. The van der Waals surface area contributed by atoms with E-state index in [9.17, 15) is 9.90 Å². The third-order valence-corrected chi connectivity index (χ3v) is 10.8. The Labute approximate surface area is 354 Å². The molecule has 0 aliphatic carbocycles. The maximum atomic E-state index is 14.3. The van der Waals surface area contributed by atoms with Crippen molar-refractivity contribution in [2.45, 2.75) is 154 Å². The smallest absolute Gasteiger partial charge is 0.411 e. The molecule has 4 aromatic rings. The molecule has 5 rings (SSSR count). The second kappa shape index (κ2) is 25.5. The molecule has 1 aliphatic heterocycles. The average molecular weight is 808 g/mol. The van der Waals surface area contributed by atoms with E-state index in [1.54, 1.807) is 0 Å². The standard InChI is InChI=1S/C51H69NO7/c1-51(2,3)59-50(54)52-46(34-22-8-6-4-5-7-21-32-45(53)33-23-35-55-36-41-24-13-9-14-25-41)48(57-38-43-28-17-11-18-29-43)49(58-39-44-30-19-12-20-31-44)47(52)40-56-37-42-26-15-10-16-27-42/h9-20,24-31,45-49,53H,4-8,21-23,32-40H2,1-3H3/t45?,46-,47-,48-,49-/m1/s1. The van der Waals surface area contributed by atoms with E-state index in [2.05, 4.69) is 36.4 Å². The van der Waals surface area contributed by atoms with Crippen LogP contribution in [-0.2, 0) is 50.1 Å². The molecule has 8 nitrogen and oxygen atoms in total. The number of nitrogens with zero attached hydrogens (tertiary/aromatic N) is 1. The van der Waals surface area contributed by atoms with Gasteiger partial charge < -0.3 is 28.8 Å². The summed E-state index contributed by atoms with van der Waals surface area (Å²) in [6, 6.07) is 40.0. The van der Waals surface area contributed by atoms with Crippen LogP contribution in [0.5, 0.6) is 0 Å². The first-order chi connectivity index (χ1) is 28.8. The zero-order valence-corrected chi connectivity index (χ0v) is 35.8. The van der Waals surface area contributed by atoms with Crippen LogP contribution >= 0.6 is 0 Å². The Balaban J connectivity index is 1.17. The van der Waals surface area contributed by atoms with E-state index in [4.69, 9.17) is 23.7 Å². The van der Waals surface area contributed by atoms with Gasteiger partial charge >= 0.3 is 6.09 Å². The van der Waals surface area contributed by atoms with Gasteiger partial charge in [-0.3, -0.25) is 4.90 Å². The number of benzene rings is 4. The van der Waals surface area contributed by atoms with Crippen LogP contribution in [0, 0.1) is 0 Å². The Morgan fingerprint density at radius 1 is 0.559 bits per heavy atom. The van der Waals surface area contributed by atoms with Gasteiger partial charge in [0.15, 0.2) is 0 Å². The van der Waals surface area contributed by atoms with Crippen LogP contribution in [0.1, 0.15) is 114 Å². The van der Waals surface area contributed by atoms with Crippen molar-refractivity contribution < 1.29 is 33.6 Å². The third-order valence-electron chi connectivity index (χ3n) is 10.8. The number of hydrogen-bond donors (Lipinski definition) is 1. The van der Waals surface area contributed by atoms with E-state index in [1.807, 2.05) is 111 Å². The van der Waals surface area contributed by atoms with Crippen LogP contribution in [0.4, 0.5) is 4.79 Å². The van der Waals surface area contributed by atoms with Crippen LogP contribution in [0.2, 0.25) is 0 Å². The number of amides is 1. The summed E-state index contributed by atoms with van der Waals surface area (Å²) >= 11 is 0. The summed E-state index contributed by atoms with van der Waals surface area (Å²) in [6.45, 7) is 8.53. The van der Waals surface area contributed by atoms with Gasteiger partial charge in [0.25, 0.3) is 0 Å². The number of likely N-dealkylation sites (tertiary alicyclic amines) is 1. The van der Waals surface area contributed by atoms with Gasteiger partial charge in [0.05, 0.1) is 51.2 Å². The van der Waals surface area contributed by atoms with E-state index in [1.165, 1.54) is 5.56 Å². The number of ether oxygens (including phenoxy) is 5. The second-order valence-electron chi connectivity index (χ2n) is 16.9. The molecule has 0 spiro atoms. The number of aliphatic hydroxyl groups is 1. The molecule has 1 fully saturated rings. The lowest BCUT2D eigenvalue weighted by molar-refractivity contribution is -0.0869. The molecule has 0 saturated carbocycles. The SMILES string of the molecule is CC(C)(C)OC(=O)N1[C@H](CCCCCCCCCC(O)CCCOCc2ccccc2)[C@@H](OCc2ccccc2)[C@H](OCc2ccccc2)[C@H]1COCc1ccccc1. The highest BCUT2D eigenvalue weighted by Crippen LogP contribution is 2.36. The lowest BCUT2D eigenvalue weighted by atomic mass is 10.00. The molecular weight excluding hydrogens is 739 g/mol. The largest absolute Gasteiger partial charge is 0.444 e. The Bertz CT molecular complexity index is 1690. The number of unbranched alkanes of at least 4 members (excludes halogenated alkanes) is 6. The molecule has 1 saturated heterocycles. The van der Waals surface area contributed by atoms with Gasteiger partial charge in [0.1, 0.15) is 17.8 Å². The summed E-state index contributed by atoms with van der Waals surface area (Å²) in [6.07, 6.45) is 9.39. The summed E-state index contributed by atoms with van der Waals surface area (Å²) in [5.74, 6) is 0. The highest BCUT2D eigenvalue weighted by Gasteiger charge is 2.53. The molecule has 0 bridgehead atoms. The minimum Gasteiger partial charge on any atom is -0.444 e. The van der Waals surface area contributed by atoms with Crippen molar-refractivity contribution in [3.05, 3.63) is 144 Å². The molecule has 1 aliphatic rings. The van der Waals surface area contributed by atoms with Crippen LogP contribution in [0.25, 0.3) is 0 Å². The first-order valence-electron chi connectivity index (χ1n) is 22.0. The fourth-order valence-corrected chi connectivity index (χ4v) is 7.83. The molecule has 5 atom stereocenters. The van der Waals surface area contributed by atoms with Crippen molar-refractivity contribution in [3.8, 4) is 0 Å². The number of rotatable bonds is 26. The van der Waals surface area contributed by atoms with E-state index >= 15 is 0 Å². The van der Waals surface area contributed by atoms with Gasteiger partial charge in [0.2, 0.25) is 0 Å². The minimum atomic E-state index is -0.673. The van der Waals surface area contributed by atoms with Crippen LogP contribution < -0.4 is 0 Å². The molecule has 1 amide bonds. The molecule has 4 aromatic carbocycles. The fourth-order valence-electron chi connectivity index (χ4n) is 7.83. The zero-order valence-electron chi connectivity index (χ0n) is 35.8. The van der Waals surface area contributed by atoms with Gasteiger partial charge in [-0.2, -0.15) is 0 Å². The average Bonchev–Trinajstić information content (AvgIpc) is 3.53. The van der Waals surface area contributed by atoms with Gasteiger partial charge in [-0.15, -0.1) is 0 Å². The molecular formula is C51H69NO7. The summed E-state index contributed by atoms with van der Waals surface area (Å²) in [5, 5.41) is 10.5. The van der Waals surface area contributed by atoms with Crippen molar-refractivity contribution >= 4 is 6.09 Å². The van der Waals surface area contributed by atoms with Crippen molar-refractivity contribution in [2.75, 3.05) is 13.2 Å². The fraction of sp³-hybridized carbons (Fsp3) is 0.510. The van der Waals surface area contributed by atoms with Gasteiger partial charge in [-0.05, 0) is 68.7 Å². The Morgan fingerprint density at radius 3 is 1.49 bits per heavy atom. The van der Waals surface area contributed by atoms with Gasteiger partial charge in [-0.1, -0.05) is 166 Å². The summed E-state index contributed by atoms with van der Waals surface area (Å²) < 4.78 is 32.0. The molecule has 320 valence electrons. The van der Waals surface area contributed by atoms with Crippen molar-refractivity contribution in [2.24, 2.45) is 0 Å². The van der Waals surface area contributed by atoms with Gasteiger partial charge in [-0.25, -0.2) is 4.79 Å². The summed E-state index contributed by atoms with van der Waals surface area (Å²) in [4.78, 5) is 16.2. The second-order valence-corrected chi connectivity index (χ2v) is 16.9. The van der Waals surface area contributed by atoms with E-state index in [0.717, 1.165) is 87.3 Å². The number of aliphatic hydroxyl groups excluding tert-OH is 1. The van der Waals surface area contributed by atoms with Crippen LogP contribution in [0.3, 0.4) is 0 Å². The van der Waals surface area contributed by atoms with Crippen molar-refractivity contribution in [1.29, 1.82) is 0 Å². The van der Waals surface area contributed by atoms with Crippen LogP contribution in [0.15, 0.2) is 121 Å². The topological polar surface area (TPSA) is 86.7 Å². The molecule has 0 radical (unpaired) electrons. The Kier molecular flexibility index (Phi) is 19.9. The molecule has 1 heterocycles. The molecule has 1 unspecified atom stereocenters. The Morgan fingerprint density at radius 2 is 0.983 bits per heavy atom. The predicted octanol–water partition coefficient (Wildman–Crippen LogP) is 11.2. The highest BCUT2D eigenvalue weighted by molar-refractivity contribution is 5.70. The highest BCUT2D eigenvalue weighted by atomic mass is 16.6. The first kappa shape index (κ1) is 46.0. The zero-order chi connectivity index (χ0) is 41.5. The van der Waals surface area contributed by atoms with E-state index < -0.39 is 23.9 Å². The number of carbonyl (C=O) groups excluding carboxylic acids is 1. The molecule has 59 heavy (non-hydrogen) atoms. The van der Waals surface area contributed by atoms with Gasteiger partial charge in [0, 0.05) is 6.61 Å². The van der Waals surface area contributed by atoms with Crippen molar-refractivity contribution in [3.63, 3.8) is 0 Å². The number of hydrogen-bond acceptors (Lipinski definition) is 7. The predicted molar refractivity (Wildman–Crippen MR) is 235 cm³/mol. The van der Waals surface area contributed by atoms with Crippen LogP contribution in [-0.4, -0.2) is 65.3 Å². The van der Waals surface area contributed by atoms with E-state index in [0.29, 0.717) is 33.0 Å². The lowest BCUT2D eigenvalue weighted by Gasteiger charge is -2.33. The maximum Gasteiger partial charge on any atom is 0.411 e. The van der Waals surface area contributed by atoms with E-state index in [-0.39, 0.29) is 24.8 Å². The third kappa shape index (κ3) is 16.9. The maximum absolute atomic E-state index is 14.3. The quantitative estimate of drug-likeness (QED) is 0.0632. The molecule has 0 aromatic heterocycles. The molecule has 1 N–H and O–H groups in total. The van der Waals surface area contributed by atoms with Crippen molar-refractivity contribution in [1.82, 2.24) is 4.90 Å². The lowest BCUT2D eigenvalue weighted by Crippen LogP contribution is -2.48. The molecule has 8 heteroatoms.